The van der Waals surface area contributed by atoms with E-state index in [0.29, 0.717) is 11.3 Å². The highest BCUT2D eigenvalue weighted by Gasteiger charge is 2.17. The third-order valence-electron chi connectivity index (χ3n) is 4.65. The van der Waals surface area contributed by atoms with Crippen LogP contribution in [0.1, 0.15) is 27.4 Å². The molecule has 0 unspecified atom stereocenters. The molecular weight excluding hydrogens is 376 g/mol. The molecule has 6 nitrogen and oxygen atoms in total. The molecular formula is C21H22N2O4S. The first-order chi connectivity index (χ1) is 13.4. The van der Waals surface area contributed by atoms with Gasteiger partial charge in [-0.25, -0.2) is 4.98 Å². The second-order valence-corrected chi connectivity index (χ2v) is 7.34. The molecule has 0 saturated heterocycles. The van der Waals surface area contributed by atoms with Crippen LogP contribution in [-0.2, 0) is 23.0 Å². The molecule has 0 spiro atoms. The summed E-state index contributed by atoms with van der Waals surface area (Å²) in [5.74, 6) is 0.106. The highest BCUT2D eigenvalue weighted by molar-refractivity contribution is 7.13. The zero-order valence-corrected chi connectivity index (χ0v) is 17.1. The molecule has 0 bridgehead atoms. The maximum Gasteiger partial charge on any atom is 0.312 e. The number of carbonyl (C=O) groups is 2. The Morgan fingerprint density at radius 3 is 2.50 bits per heavy atom. The van der Waals surface area contributed by atoms with Crippen LogP contribution in [-0.4, -0.2) is 35.0 Å². The predicted octanol–water partition coefficient (Wildman–Crippen LogP) is 3.74. The number of esters is 1. The Labute approximate surface area is 167 Å². The van der Waals surface area contributed by atoms with Crippen molar-refractivity contribution in [2.24, 2.45) is 7.05 Å². The number of nitrogens with zero attached hydrogens (tertiary/aromatic N) is 2. The number of benzene rings is 1. The Morgan fingerprint density at radius 1 is 1.18 bits per heavy atom. The van der Waals surface area contributed by atoms with E-state index in [1.807, 2.05) is 61.2 Å². The molecule has 0 N–H and O–H groups in total. The minimum absolute atomic E-state index is 0.0345. The summed E-state index contributed by atoms with van der Waals surface area (Å²) in [6, 6.07) is 9.38. The van der Waals surface area contributed by atoms with E-state index in [1.54, 1.807) is 7.11 Å². The number of aromatic nitrogens is 2. The van der Waals surface area contributed by atoms with Gasteiger partial charge in [-0.1, -0.05) is 0 Å². The summed E-state index contributed by atoms with van der Waals surface area (Å²) >= 11 is 1.46. The minimum atomic E-state index is -0.467. The molecule has 2 heterocycles. The molecule has 146 valence electrons. The van der Waals surface area contributed by atoms with Crippen LogP contribution >= 0.6 is 11.3 Å². The minimum Gasteiger partial charge on any atom is -0.497 e. The van der Waals surface area contributed by atoms with Gasteiger partial charge in [0.25, 0.3) is 0 Å². The van der Waals surface area contributed by atoms with Crippen molar-refractivity contribution in [3.8, 4) is 16.3 Å². The van der Waals surface area contributed by atoms with Crippen LogP contribution in [0.3, 0.4) is 0 Å². The fraction of sp³-hybridized carbons (Fsp3) is 0.286. The van der Waals surface area contributed by atoms with Crippen molar-refractivity contribution in [3.05, 3.63) is 58.4 Å². The van der Waals surface area contributed by atoms with Gasteiger partial charge in [-0.3, -0.25) is 9.59 Å². The lowest BCUT2D eigenvalue weighted by atomic mass is 10.1. The molecule has 3 rings (SSSR count). The topological polar surface area (TPSA) is 70.4 Å². The Hall–Kier alpha value is -2.93. The molecule has 0 atom stereocenters. The standard InChI is InChI=1S/C21H22N2O4S/c1-13-9-18(14(2)23(13)3)19(24)11-27-20(25)10-16-12-28-21(22-16)15-5-7-17(26-4)8-6-15/h5-9,12H,10-11H2,1-4H3. The quantitative estimate of drug-likeness (QED) is 0.448. The summed E-state index contributed by atoms with van der Waals surface area (Å²) in [4.78, 5) is 28.9. The number of rotatable bonds is 7. The third kappa shape index (κ3) is 4.31. The normalized spacial score (nSPS) is 10.7. The van der Waals surface area contributed by atoms with Gasteiger partial charge < -0.3 is 14.0 Å². The van der Waals surface area contributed by atoms with Gasteiger partial charge in [-0.15, -0.1) is 11.3 Å². The van der Waals surface area contributed by atoms with E-state index >= 15 is 0 Å². The average molecular weight is 398 g/mol. The molecule has 1 aromatic carbocycles. The first-order valence-corrected chi connectivity index (χ1v) is 9.67. The number of Topliss-reactive ketones (excluding diaryl/α,β-unsaturated/α-hetero) is 1. The van der Waals surface area contributed by atoms with Crippen molar-refractivity contribution in [2.45, 2.75) is 20.3 Å². The van der Waals surface area contributed by atoms with Gasteiger partial charge in [0.05, 0.1) is 19.2 Å². The molecule has 0 aliphatic heterocycles. The van der Waals surface area contributed by atoms with Crippen molar-refractivity contribution in [2.75, 3.05) is 13.7 Å². The van der Waals surface area contributed by atoms with Crippen molar-refractivity contribution in [3.63, 3.8) is 0 Å². The summed E-state index contributed by atoms with van der Waals surface area (Å²) < 4.78 is 12.2. The van der Waals surface area contributed by atoms with E-state index < -0.39 is 5.97 Å². The maximum atomic E-state index is 12.3. The molecule has 0 saturated carbocycles. The van der Waals surface area contributed by atoms with Crippen molar-refractivity contribution in [1.82, 2.24) is 9.55 Å². The molecule has 28 heavy (non-hydrogen) atoms. The average Bonchev–Trinajstić information content (AvgIpc) is 3.26. The highest BCUT2D eigenvalue weighted by atomic mass is 32.1. The number of thiazole rings is 1. The SMILES string of the molecule is COc1ccc(-c2nc(CC(=O)OCC(=O)c3cc(C)n(C)c3C)cs2)cc1. The second-order valence-electron chi connectivity index (χ2n) is 6.48. The lowest BCUT2D eigenvalue weighted by molar-refractivity contribution is -0.141. The Bertz CT molecular complexity index is 1000. The van der Waals surface area contributed by atoms with Gasteiger partial charge in [-0.2, -0.15) is 0 Å². The van der Waals surface area contributed by atoms with Crippen LogP contribution in [0.5, 0.6) is 5.75 Å². The Morgan fingerprint density at radius 2 is 1.89 bits per heavy atom. The number of aryl methyl sites for hydroxylation is 1. The lowest BCUT2D eigenvalue weighted by Crippen LogP contribution is -2.16. The van der Waals surface area contributed by atoms with E-state index in [2.05, 4.69) is 4.98 Å². The molecule has 0 radical (unpaired) electrons. The van der Waals surface area contributed by atoms with E-state index in [9.17, 15) is 9.59 Å². The van der Waals surface area contributed by atoms with E-state index in [4.69, 9.17) is 9.47 Å². The van der Waals surface area contributed by atoms with Gasteiger partial charge in [0.1, 0.15) is 10.8 Å². The lowest BCUT2D eigenvalue weighted by Gasteiger charge is -2.04. The van der Waals surface area contributed by atoms with Gasteiger partial charge >= 0.3 is 5.97 Å². The monoisotopic (exact) mass is 398 g/mol. The van der Waals surface area contributed by atoms with Crippen LogP contribution in [0.4, 0.5) is 0 Å². The molecule has 3 aromatic rings. The van der Waals surface area contributed by atoms with Gasteiger partial charge in [-0.05, 0) is 44.2 Å². The summed E-state index contributed by atoms with van der Waals surface area (Å²) in [7, 11) is 3.52. The molecule has 0 amide bonds. The number of ether oxygens (including phenoxy) is 2. The van der Waals surface area contributed by atoms with Crippen molar-refractivity contribution in [1.29, 1.82) is 0 Å². The van der Waals surface area contributed by atoms with Crippen LogP contribution < -0.4 is 4.74 Å². The molecule has 0 aliphatic carbocycles. The number of hydrogen-bond acceptors (Lipinski definition) is 6. The Kier molecular flexibility index (Phi) is 5.94. The highest BCUT2D eigenvalue weighted by Crippen LogP contribution is 2.26. The fourth-order valence-corrected chi connectivity index (χ4v) is 3.64. The number of methoxy groups -OCH3 is 1. The number of ketones is 1. The van der Waals surface area contributed by atoms with Crippen LogP contribution in [0.25, 0.3) is 10.6 Å². The fourth-order valence-electron chi connectivity index (χ4n) is 2.81. The van der Waals surface area contributed by atoms with Crippen molar-refractivity contribution < 1.29 is 19.1 Å². The molecule has 2 aromatic heterocycles. The Balaban J connectivity index is 1.57. The molecule has 0 fully saturated rings. The number of carbonyl (C=O) groups excluding carboxylic acids is 2. The van der Waals surface area contributed by atoms with Crippen LogP contribution in [0.15, 0.2) is 35.7 Å². The summed E-state index contributed by atoms with van der Waals surface area (Å²) in [5.41, 5.74) is 4.02. The summed E-state index contributed by atoms with van der Waals surface area (Å²) in [5, 5.41) is 2.64. The zero-order valence-electron chi connectivity index (χ0n) is 16.3. The van der Waals surface area contributed by atoms with Gasteiger partial charge in [0.2, 0.25) is 5.78 Å². The molecule has 0 aliphatic rings. The van der Waals surface area contributed by atoms with Crippen LogP contribution in [0, 0.1) is 13.8 Å². The maximum absolute atomic E-state index is 12.3. The summed E-state index contributed by atoms with van der Waals surface area (Å²) in [6.45, 7) is 3.54. The van der Waals surface area contributed by atoms with E-state index in [1.165, 1.54) is 11.3 Å². The number of hydrogen-bond donors (Lipinski definition) is 0. The first kappa shape index (κ1) is 19.8. The largest absolute Gasteiger partial charge is 0.497 e. The summed E-state index contributed by atoms with van der Waals surface area (Å²) in [6.07, 6.45) is 0.0345. The zero-order chi connectivity index (χ0) is 20.3. The smallest absolute Gasteiger partial charge is 0.312 e. The predicted molar refractivity (Wildman–Crippen MR) is 108 cm³/mol. The van der Waals surface area contributed by atoms with Crippen molar-refractivity contribution >= 4 is 23.1 Å². The van der Waals surface area contributed by atoms with Gasteiger partial charge in [0.15, 0.2) is 6.61 Å². The third-order valence-corrected chi connectivity index (χ3v) is 5.59. The van der Waals surface area contributed by atoms with E-state index in [-0.39, 0.29) is 18.8 Å². The van der Waals surface area contributed by atoms with E-state index in [0.717, 1.165) is 27.7 Å². The second kappa shape index (κ2) is 8.39. The van der Waals surface area contributed by atoms with Crippen LogP contribution in [0.2, 0.25) is 0 Å². The molecule has 7 heteroatoms. The first-order valence-electron chi connectivity index (χ1n) is 8.79. The van der Waals surface area contributed by atoms with Gasteiger partial charge in [0, 0.05) is 34.9 Å².